The van der Waals surface area contributed by atoms with Crippen molar-refractivity contribution in [1.29, 1.82) is 0 Å². The second-order valence-electron chi connectivity index (χ2n) is 3.80. The first-order valence-electron chi connectivity index (χ1n) is 4.25. The molecule has 90 valence electrons. The molecule has 0 saturated heterocycles. The van der Waals surface area contributed by atoms with Crippen molar-refractivity contribution in [3.8, 4) is 0 Å². The first-order chi connectivity index (χ1) is 6.56. The van der Waals surface area contributed by atoms with Crippen LogP contribution in [0, 0.1) is 0 Å². The molecule has 0 amide bonds. The van der Waals surface area contributed by atoms with Crippen LogP contribution in [0.4, 0.5) is 13.2 Å². The van der Waals surface area contributed by atoms with Crippen molar-refractivity contribution in [2.24, 2.45) is 0 Å². The Bertz CT molecular complexity index is 334. The third-order valence-electron chi connectivity index (χ3n) is 2.40. The van der Waals surface area contributed by atoms with Gasteiger partial charge in [-0.05, 0) is 19.3 Å². The molecular formula is C7H10ClF3O3S. The normalized spacial score (nSPS) is 22.5. The fraction of sp³-hybridized carbons (Fsp3) is 1.00. The van der Waals surface area contributed by atoms with Gasteiger partial charge < -0.3 is 5.11 Å². The summed E-state index contributed by atoms with van der Waals surface area (Å²) in [5.74, 6) is 0. The molecule has 0 aromatic rings. The highest BCUT2D eigenvalue weighted by molar-refractivity contribution is 8.15. The van der Waals surface area contributed by atoms with E-state index in [2.05, 4.69) is 0 Å². The zero-order valence-electron chi connectivity index (χ0n) is 7.59. The lowest BCUT2D eigenvalue weighted by Gasteiger charge is -2.17. The van der Waals surface area contributed by atoms with Gasteiger partial charge >= 0.3 is 6.18 Å². The second-order valence-corrected chi connectivity index (χ2v) is 6.76. The molecule has 1 saturated carbocycles. The number of hydrogen-bond donors (Lipinski definition) is 1. The molecule has 1 rings (SSSR count). The quantitative estimate of drug-likeness (QED) is 0.790. The molecule has 1 aliphatic rings. The predicted molar refractivity (Wildman–Crippen MR) is 48.0 cm³/mol. The third kappa shape index (κ3) is 3.49. The Labute approximate surface area is 89.6 Å². The summed E-state index contributed by atoms with van der Waals surface area (Å²) < 4.78 is 56.2. The van der Waals surface area contributed by atoms with Crippen LogP contribution in [0.1, 0.15) is 25.7 Å². The average Bonchev–Trinajstić information content (AvgIpc) is 2.61. The summed E-state index contributed by atoms with van der Waals surface area (Å²) in [5.41, 5.74) is 0. The summed E-state index contributed by atoms with van der Waals surface area (Å²) in [6.45, 7) is 0. The van der Waals surface area contributed by atoms with E-state index in [1.165, 1.54) is 0 Å². The fourth-order valence-electron chi connectivity index (χ4n) is 1.46. The summed E-state index contributed by atoms with van der Waals surface area (Å²) in [6, 6.07) is 0. The van der Waals surface area contributed by atoms with Crippen LogP contribution in [0.15, 0.2) is 0 Å². The van der Waals surface area contributed by atoms with Crippen LogP contribution in [0.5, 0.6) is 0 Å². The van der Waals surface area contributed by atoms with Crippen LogP contribution in [0.25, 0.3) is 0 Å². The first-order valence-corrected chi connectivity index (χ1v) is 6.56. The van der Waals surface area contributed by atoms with E-state index >= 15 is 0 Å². The average molecular weight is 267 g/mol. The van der Waals surface area contributed by atoms with Crippen LogP contribution in [0.2, 0.25) is 0 Å². The fourth-order valence-corrected chi connectivity index (χ4v) is 3.09. The molecule has 0 spiro atoms. The Hall–Kier alpha value is -0.0100. The van der Waals surface area contributed by atoms with E-state index < -0.39 is 38.9 Å². The predicted octanol–water partition coefficient (Wildman–Crippen LogP) is 1.79. The summed E-state index contributed by atoms with van der Waals surface area (Å²) in [7, 11) is 1.19. The van der Waals surface area contributed by atoms with Gasteiger partial charge in [0.2, 0.25) is 9.05 Å². The number of aliphatic hydroxyl groups excluding tert-OH is 1. The molecule has 0 heterocycles. The van der Waals surface area contributed by atoms with E-state index in [-0.39, 0.29) is 12.8 Å². The van der Waals surface area contributed by atoms with Gasteiger partial charge in [0.25, 0.3) is 0 Å². The first kappa shape index (κ1) is 13.1. The maximum Gasteiger partial charge on any atom is 0.391 e. The Balaban J connectivity index is 2.57. The molecule has 0 bridgehead atoms. The lowest BCUT2D eigenvalue weighted by molar-refractivity contribution is -0.154. The molecule has 15 heavy (non-hydrogen) atoms. The number of hydrogen-bond acceptors (Lipinski definition) is 3. The van der Waals surface area contributed by atoms with Gasteiger partial charge in [0.15, 0.2) is 0 Å². The minimum Gasteiger partial charge on any atom is -0.393 e. The molecule has 1 unspecified atom stereocenters. The second kappa shape index (κ2) is 3.78. The van der Waals surface area contributed by atoms with Crippen LogP contribution in [0.3, 0.4) is 0 Å². The van der Waals surface area contributed by atoms with Gasteiger partial charge in [0, 0.05) is 10.7 Å². The highest BCUT2D eigenvalue weighted by Gasteiger charge is 2.55. The summed E-state index contributed by atoms with van der Waals surface area (Å²) in [4.78, 5) is 0. The standard InChI is InChI=1S/C7H10ClF3O3S/c8-15(13,14)6(1-2-6)3-5(12)4-7(9,10)11/h5,12H,1-4H2. The molecule has 3 nitrogen and oxygen atoms in total. The minimum atomic E-state index is -4.49. The van der Waals surface area contributed by atoms with Crippen molar-refractivity contribution in [2.45, 2.75) is 42.7 Å². The molecular weight excluding hydrogens is 257 g/mol. The number of alkyl halides is 3. The van der Waals surface area contributed by atoms with Gasteiger partial charge in [-0.15, -0.1) is 0 Å². The highest BCUT2D eigenvalue weighted by Crippen LogP contribution is 2.49. The molecule has 1 N–H and O–H groups in total. The van der Waals surface area contributed by atoms with Crippen molar-refractivity contribution >= 4 is 19.7 Å². The molecule has 0 aromatic carbocycles. The smallest absolute Gasteiger partial charge is 0.391 e. The van der Waals surface area contributed by atoms with E-state index in [9.17, 15) is 21.6 Å². The number of aliphatic hydroxyl groups is 1. The van der Waals surface area contributed by atoms with Crippen molar-refractivity contribution in [1.82, 2.24) is 0 Å². The lowest BCUT2D eigenvalue weighted by Crippen LogP contribution is -2.28. The Morgan fingerprint density at radius 3 is 2.13 bits per heavy atom. The van der Waals surface area contributed by atoms with Gasteiger partial charge in [-0.25, -0.2) is 8.42 Å². The largest absolute Gasteiger partial charge is 0.393 e. The number of rotatable bonds is 4. The van der Waals surface area contributed by atoms with E-state index in [0.29, 0.717) is 0 Å². The SMILES string of the molecule is O=S(=O)(Cl)C1(CC(O)CC(F)(F)F)CC1. The summed E-state index contributed by atoms with van der Waals surface area (Å²) in [5, 5.41) is 9.08. The van der Waals surface area contributed by atoms with E-state index in [4.69, 9.17) is 15.8 Å². The Morgan fingerprint density at radius 1 is 1.40 bits per heavy atom. The maximum atomic E-state index is 11.9. The molecule has 0 radical (unpaired) electrons. The lowest BCUT2D eigenvalue weighted by atomic mass is 10.1. The van der Waals surface area contributed by atoms with Gasteiger partial charge in [0.05, 0.1) is 17.3 Å². The van der Waals surface area contributed by atoms with Crippen LogP contribution < -0.4 is 0 Å². The van der Waals surface area contributed by atoms with Gasteiger partial charge in [-0.2, -0.15) is 13.2 Å². The summed E-state index contributed by atoms with van der Waals surface area (Å²) in [6.07, 6.45) is -7.62. The van der Waals surface area contributed by atoms with Gasteiger partial charge in [-0.1, -0.05) is 0 Å². The molecule has 0 aromatic heterocycles. The maximum absolute atomic E-state index is 11.9. The van der Waals surface area contributed by atoms with Crippen molar-refractivity contribution in [3.63, 3.8) is 0 Å². The monoisotopic (exact) mass is 266 g/mol. The molecule has 1 aliphatic carbocycles. The van der Waals surface area contributed by atoms with Crippen molar-refractivity contribution in [2.75, 3.05) is 0 Å². The molecule has 8 heteroatoms. The molecule has 1 fully saturated rings. The minimum absolute atomic E-state index is 0.216. The van der Waals surface area contributed by atoms with Crippen molar-refractivity contribution in [3.05, 3.63) is 0 Å². The number of halogens is 4. The molecule has 1 atom stereocenters. The van der Waals surface area contributed by atoms with E-state index in [0.717, 1.165) is 0 Å². The van der Waals surface area contributed by atoms with Crippen LogP contribution in [-0.2, 0) is 9.05 Å². The molecule has 0 aliphatic heterocycles. The Kier molecular flexibility index (Phi) is 3.29. The van der Waals surface area contributed by atoms with Gasteiger partial charge in [0.1, 0.15) is 0 Å². The van der Waals surface area contributed by atoms with E-state index in [1.807, 2.05) is 0 Å². The Morgan fingerprint density at radius 2 is 1.87 bits per heavy atom. The summed E-state index contributed by atoms with van der Waals surface area (Å²) >= 11 is 0. The third-order valence-corrected chi connectivity index (χ3v) is 4.99. The topological polar surface area (TPSA) is 54.4 Å². The van der Waals surface area contributed by atoms with Crippen LogP contribution in [-0.4, -0.2) is 30.6 Å². The highest BCUT2D eigenvalue weighted by atomic mass is 35.7. The zero-order valence-corrected chi connectivity index (χ0v) is 9.16. The van der Waals surface area contributed by atoms with E-state index in [1.54, 1.807) is 0 Å². The zero-order chi connectivity index (χ0) is 11.9. The van der Waals surface area contributed by atoms with Gasteiger partial charge in [-0.3, -0.25) is 0 Å². The van der Waals surface area contributed by atoms with Crippen LogP contribution >= 0.6 is 10.7 Å². The van der Waals surface area contributed by atoms with Crippen molar-refractivity contribution < 1.29 is 26.7 Å².